The van der Waals surface area contributed by atoms with Crippen molar-refractivity contribution in [3.8, 4) is 0 Å². The number of nitrogens with zero attached hydrogens (tertiary/aromatic N) is 2. The highest BCUT2D eigenvalue weighted by Crippen LogP contribution is 2.29. The minimum Gasteiger partial charge on any atom is -0.355 e. The van der Waals surface area contributed by atoms with E-state index in [-0.39, 0.29) is 10.5 Å². The summed E-state index contributed by atoms with van der Waals surface area (Å²) >= 11 is 1.03. The van der Waals surface area contributed by atoms with Gasteiger partial charge in [-0.1, -0.05) is 13.8 Å². The van der Waals surface area contributed by atoms with Gasteiger partial charge in [0.15, 0.2) is 5.13 Å². The van der Waals surface area contributed by atoms with Crippen LogP contribution in [0.4, 0.5) is 10.1 Å². The molecule has 7 heteroatoms. The summed E-state index contributed by atoms with van der Waals surface area (Å²) in [5.41, 5.74) is 5.47. The smallest absolute Gasteiger partial charge is 0.345 e. The first-order valence-corrected chi connectivity index (χ1v) is 6.26. The molecule has 0 aromatic carbocycles. The lowest BCUT2D eigenvalue weighted by Gasteiger charge is -2.30. The highest BCUT2D eigenvalue weighted by atomic mass is 32.1. The Labute approximate surface area is 104 Å². The van der Waals surface area contributed by atoms with Crippen LogP contribution >= 0.6 is 11.3 Å². The molecular formula is C10H18N4O2S. The molecule has 0 aliphatic heterocycles. The normalized spacial score (nSPS) is 14.6. The number of hydrogen-bond acceptors (Lipinski definition) is 6. The Morgan fingerprint density at radius 1 is 1.71 bits per heavy atom. The summed E-state index contributed by atoms with van der Waals surface area (Å²) in [5.74, 6) is 0.492. The molecule has 3 N–H and O–H groups in total. The first kappa shape index (κ1) is 13.9. The Bertz CT molecular complexity index is 393. The van der Waals surface area contributed by atoms with Crippen LogP contribution in [0.1, 0.15) is 27.2 Å². The van der Waals surface area contributed by atoms with Crippen molar-refractivity contribution in [2.24, 2.45) is 11.7 Å². The molecule has 0 bridgehead atoms. The van der Waals surface area contributed by atoms with Gasteiger partial charge >= 0.3 is 5.00 Å². The van der Waals surface area contributed by atoms with E-state index in [0.29, 0.717) is 17.6 Å². The first-order chi connectivity index (χ1) is 7.86. The number of nitro groups is 1. The molecule has 0 fully saturated rings. The van der Waals surface area contributed by atoms with Gasteiger partial charge in [0.2, 0.25) is 0 Å². The molecular weight excluding hydrogens is 240 g/mol. The van der Waals surface area contributed by atoms with Crippen LogP contribution in [0.2, 0.25) is 0 Å². The number of hydrogen-bond donors (Lipinski definition) is 2. The van der Waals surface area contributed by atoms with E-state index in [1.165, 1.54) is 6.20 Å². The van der Waals surface area contributed by atoms with Crippen molar-refractivity contribution in [1.29, 1.82) is 0 Å². The summed E-state index contributed by atoms with van der Waals surface area (Å²) in [7, 11) is 0. The average Bonchev–Trinajstić information content (AvgIpc) is 2.65. The maximum absolute atomic E-state index is 10.6. The Morgan fingerprint density at radius 2 is 2.35 bits per heavy atom. The van der Waals surface area contributed by atoms with Crippen LogP contribution in [-0.4, -0.2) is 22.0 Å². The van der Waals surface area contributed by atoms with Crippen molar-refractivity contribution in [2.75, 3.05) is 11.9 Å². The van der Waals surface area contributed by atoms with Gasteiger partial charge in [-0.05, 0) is 30.6 Å². The molecule has 96 valence electrons. The van der Waals surface area contributed by atoms with Crippen LogP contribution in [0.3, 0.4) is 0 Å². The maximum atomic E-state index is 10.6. The standard InChI is InChI=1S/C10H18N4O2S/c1-7(2)4-10(3,6-11)13-9-12-5-8(17-9)14(15)16/h5,7H,4,6,11H2,1-3H3,(H,12,13). The Balaban J connectivity index is 2.76. The van der Waals surface area contributed by atoms with E-state index in [2.05, 4.69) is 24.1 Å². The van der Waals surface area contributed by atoms with Gasteiger partial charge in [0.25, 0.3) is 0 Å². The zero-order valence-corrected chi connectivity index (χ0v) is 11.1. The fourth-order valence-corrected chi connectivity index (χ4v) is 2.53. The highest BCUT2D eigenvalue weighted by Gasteiger charge is 2.25. The van der Waals surface area contributed by atoms with Crippen LogP contribution in [0.5, 0.6) is 0 Å². The average molecular weight is 258 g/mol. The van der Waals surface area contributed by atoms with E-state index in [9.17, 15) is 10.1 Å². The third-order valence-corrected chi connectivity index (χ3v) is 3.26. The second-order valence-corrected chi connectivity index (χ2v) is 5.76. The van der Waals surface area contributed by atoms with Crippen molar-refractivity contribution in [1.82, 2.24) is 4.98 Å². The van der Waals surface area contributed by atoms with Crippen molar-refractivity contribution < 1.29 is 4.92 Å². The van der Waals surface area contributed by atoms with Crippen LogP contribution in [0.15, 0.2) is 6.20 Å². The quantitative estimate of drug-likeness (QED) is 0.602. The summed E-state index contributed by atoms with van der Waals surface area (Å²) in [6, 6.07) is 0. The third kappa shape index (κ3) is 3.94. The van der Waals surface area contributed by atoms with Crippen molar-refractivity contribution in [3.05, 3.63) is 16.3 Å². The van der Waals surface area contributed by atoms with E-state index < -0.39 is 4.92 Å². The lowest BCUT2D eigenvalue weighted by molar-refractivity contribution is -0.380. The maximum Gasteiger partial charge on any atom is 0.345 e. The zero-order chi connectivity index (χ0) is 13.1. The van der Waals surface area contributed by atoms with Gasteiger partial charge in [-0.25, -0.2) is 4.98 Å². The Morgan fingerprint density at radius 3 is 2.76 bits per heavy atom. The lowest BCUT2D eigenvalue weighted by atomic mass is 9.91. The molecule has 0 aliphatic carbocycles. The molecule has 1 atom stereocenters. The number of anilines is 1. The largest absolute Gasteiger partial charge is 0.355 e. The number of nitrogens with one attached hydrogen (secondary N) is 1. The van der Waals surface area contributed by atoms with Crippen LogP contribution in [0.25, 0.3) is 0 Å². The summed E-state index contributed by atoms with van der Waals surface area (Å²) in [5, 5.41) is 14.3. The van der Waals surface area contributed by atoms with Crippen molar-refractivity contribution >= 4 is 21.5 Å². The van der Waals surface area contributed by atoms with Gasteiger partial charge in [0.1, 0.15) is 6.20 Å². The zero-order valence-electron chi connectivity index (χ0n) is 10.3. The molecule has 17 heavy (non-hydrogen) atoms. The first-order valence-electron chi connectivity index (χ1n) is 5.45. The van der Waals surface area contributed by atoms with Gasteiger partial charge in [-0.2, -0.15) is 0 Å². The summed E-state index contributed by atoms with van der Waals surface area (Å²) in [6.45, 7) is 6.68. The molecule has 1 unspecified atom stereocenters. The molecule has 0 amide bonds. The third-order valence-electron chi connectivity index (χ3n) is 2.39. The second kappa shape index (κ2) is 5.42. The van der Waals surface area contributed by atoms with Gasteiger partial charge in [-0.3, -0.25) is 10.1 Å². The molecule has 0 saturated heterocycles. The molecule has 0 spiro atoms. The molecule has 0 aliphatic rings. The minimum absolute atomic E-state index is 0.0384. The molecule has 1 rings (SSSR count). The predicted molar refractivity (Wildman–Crippen MR) is 69.3 cm³/mol. The Kier molecular flexibility index (Phi) is 4.41. The summed E-state index contributed by atoms with van der Waals surface area (Å²) in [4.78, 5) is 14.1. The summed E-state index contributed by atoms with van der Waals surface area (Å²) in [6.07, 6.45) is 2.15. The number of aromatic nitrogens is 1. The SMILES string of the molecule is CC(C)CC(C)(CN)Nc1ncc([N+](=O)[O-])s1. The van der Waals surface area contributed by atoms with Gasteiger partial charge in [0.05, 0.1) is 4.92 Å². The molecule has 0 saturated carbocycles. The van der Waals surface area contributed by atoms with Crippen molar-refractivity contribution in [2.45, 2.75) is 32.7 Å². The molecule has 6 nitrogen and oxygen atoms in total. The molecule has 1 aromatic rings. The van der Waals surface area contributed by atoms with E-state index >= 15 is 0 Å². The molecule has 0 radical (unpaired) electrons. The van der Waals surface area contributed by atoms with Gasteiger partial charge in [-0.15, -0.1) is 0 Å². The number of thiazole rings is 1. The van der Waals surface area contributed by atoms with Crippen LogP contribution < -0.4 is 11.1 Å². The van der Waals surface area contributed by atoms with Crippen LogP contribution in [-0.2, 0) is 0 Å². The molecule has 1 aromatic heterocycles. The summed E-state index contributed by atoms with van der Waals surface area (Å²) < 4.78 is 0. The van der Waals surface area contributed by atoms with E-state index in [1.807, 2.05) is 6.92 Å². The second-order valence-electron chi connectivity index (χ2n) is 4.75. The molecule has 1 heterocycles. The number of nitrogens with two attached hydrogens (primary N) is 1. The topological polar surface area (TPSA) is 94.1 Å². The number of rotatable bonds is 6. The lowest BCUT2D eigenvalue weighted by Crippen LogP contribution is -2.43. The predicted octanol–water partition coefficient (Wildman–Crippen LogP) is 2.23. The minimum atomic E-state index is -0.439. The van der Waals surface area contributed by atoms with Gasteiger partial charge < -0.3 is 11.1 Å². The van der Waals surface area contributed by atoms with E-state index in [0.717, 1.165) is 17.8 Å². The van der Waals surface area contributed by atoms with Crippen molar-refractivity contribution in [3.63, 3.8) is 0 Å². The Hall–Kier alpha value is -1.21. The highest BCUT2D eigenvalue weighted by molar-refractivity contribution is 7.18. The van der Waals surface area contributed by atoms with Gasteiger partial charge in [0, 0.05) is 12.1 Å². The fraction of sp³-hybridized carbons (Fsp3) is 0.700. The van der Waals surface area contributed by atoms with Crippen LogP contribution in [0, 0.1) is 16.0 Å². The monoisotopic (exact) mass is 258 g/mol. The van der Waals surface area contributed by atoms with E-state index in [1.54, 1.807) is 0 Å². The van der Waals surface area contributed by atoms with E-state index in [4.69, 9.17) is 5.73 Å². The fourth-order valence-electron chi connectivity index (χ4n) is 1.75.